The number of nitrogen functional groups attached to an aromatic ring is 1. The van der Waals surface area contributed by atoms with Gasteiger partial charge in [0, 0.05) is 5.39 Å². The fraction of sp³-hybridized carbons (Fsp3) is 0.526. The van der Waals surface area contributed by atoms with E-state index in [-0.39, 0.29) is 0 Å². The van der Waals surface area contributed by atoms with Gasteiger partial charge in [0.1, 0.15) is 5.82 Å². The molecule has 0 unspecified atom stereocenters. The van der Waals surface area contributed by atoms with Crippen LogP contribution < -0.4 is 5.73 Å². The molecule has 0 bridgehead atoms. The van der Waals surface area contributed by atoms with E-state index >= 15 is 0 Å². The van der Waals surface area contributed by atoms with Crippen LogP contribution in [0.3, 0.4) is 0 Å². The van der Waals surface area contributed by atoms with Crippen LogP contribution in [0.1, 0.15) is 63.9 Å². The van der Waals surface area contributed by atoms with Crippen LogP contribution in [0.4, 0.5) is 5.82 Å². The lowest BCUT2D eigenvalue weighted by molar-refractivity contribution is 0.575. The van der Waals surface area contributed by atoms with Crippen molar-refractivity contribution in [2.75, 3.05) is 5.73 Å². The number of nitrogens with two attached hydrogens (primary N) is 1. The molecular formula is C19H28N2. The summed E-state index contributed by atoms with van der Waals surface area (Å²) in [6.45, 7) is 2.27. The number of para-hydroxylation sites is 1. The summed E-state index contributed by atoms with van der Waals surface area (Å²) < 4.78 is 0. The first-order chi connectivity index (χ1) is 10.3. The molecule has 0 aliphatic rings. The van der Waals surface area contributed by atoms with Gasteiger partial charge in [0.25, 0.3) is 0 Å². The Hall–Kier alpha value is -1.57. The Bertz CT molecular complexity index is 548. The molecule has 1 aromatic heterocycles. The number of rotatable bonds is 9. The summed E-state index contributed by atoms with van der Waals surface area (Å²) in [5.74, 6) is 0.705. The maximum Gasteiger partial charge on any atom is 0.127 e. The van der Waals surface area contributed by atoms with Crippen LogP contribution in [-0.4, -0.2) is 4.98 Å². The molecule has 1 aromatic carbocycles. The number of nitrogens with zero attached hydrogens (tertiary/aromatic N) is 1. The lowest BCUT2D eigenvalue weighted by atomic mass is 10.0. The standard InChI is InChI=1S/C19H28N2/c1-2-3-4-5-6-7-8-9-13-17-15-16-12-10-11-14-18(16)21-19(17)20/h10-12,14-15H,2-9,13H2,1H3,(H2,20,21). The summed E-state index contributed by atoms with van der Waals surface area (Å²) in [5.41, 5.74) is 8.27. The largest absolute Gasteiger partial charge is 0.383 e. The second-order valence-electron chi connectivity index (χ2n) is 5.95. The van der Waals surface area contributed by atoms with Crippen molar-refractivity contribution in [3.05, 3.63) is 35.9 Å². The van der Waals surface area contributed by atoms with E-state index < -0.39 is 0 Å². The average molecular weight is 284 g/mol. The normalized spacial score (nSPS) is 11.1. The highest BCUT2D eigenvalue weighted by Crippen LogP contribution is 2.20. The number of aromatic nitrogens is 1. The van der Waals surface area contributed by atoms with Crippen molar-refractivity contribution in [2.45, 2.75) is 64.7 Å². The molecule has 0 saturated heterocycles. The molecule has 2 heteroatoms. The highest BCUT2D eigenvalue weighted by atomic mass is 14.8. The smallest absolute Gasteiger partial charge is 0.127 e. The number of anilines is 1. The van der Waals surface area contributed by atoms with Crippen molar-refractivity contribution >= 4 is 16.7 Å². The fourth-order valence-electron chi connectivity index (χ4n) is 2.82. The van der Waals surface area contributed by atoms with Gasteiger partial charge in [-0.1, -0.05) is 70.1 Å². The molecule has 0 spiro atoms. The van der Waals surface area contributed by atoms with Gasteiger partial charge in [-0.3, -0.25) is 0 Å². The van der Waals surface area contributed by atoms with Gasteiger partial charge in [-0.15, -0.1) is 0 Å². The third kappa shape index (κ3) is 5.04. The summed E-state index contributed by atoms with van der Waals surface area (Å²) in [6, 6.07) is 10.4. The molecule has 1 heterocycles. The van der Waals surface area contributed by atoms with Crippen molar-refractivity contribution in [2.24, 2.45) is 0 Å². The second-order valence-corrected chi connectivity index (χ2v) is 5.95. The van der Waals surface area contributed by atoms with Gasteiger partial charge < -0.3 is 5.73 Å². The third-order valence-corrected chi connectivity index (χ3v) is 4.14. The number of hydrogen-bond acceptors (Lipinski definition) is 2. The molecule has 0 aliphatic carbocycles. The van der Waals surface area contributed by atoms with Crippen molar-refractivity contribution in [1.29, 1.82) is 0 Å². The number of fused-ring (bicyclic) bond motifs is 1. The predicted octanol–water partition coefficient (Wildman–Crippen LogP) is 5.50. The molecule has 0 radical (unpaired) electrons. The average Bonchev–Trinajstić information content (AvgIpc) is 2.50. The van der Waals surface area contributed by atoms with E-state index in [1.54, 1.807) is 0 Å². The molecule has 0 amide bonds. The minimum atomic E-state index is 0.705. The van der Waals surface area contributed by atoms with Gasteiger partial charge in [0.15, 0.2) is 0 Å². The zero-order valence-electron chi connectivity index (χ0n) is 13.3. The Morgan fingerprint density at radius 1 is 0.905 bits per heavy atom. The minimum Gasteiger partial charge on any atom is -0.383 e. The van der Waals surface area contributed by atoms with E-state index in [0.717, 1.165) is 11.9 Å². The maximum absolute atomic E-state index is 6.07. The number of unbranched alkanes of at least 4 members (excludes halogenated alkanes) is 7. The SMILES string of the molecule is CCCCCCCCCCc1cc2ccccc2nc1N. The van der Waals surface area contributed by atoms with E-state index in [4.69, 9.17) is 5.73 Å². The zero-order valence-corrected chi connectivity index (χ0v) is 13.3. The van der Waals surface area contributed by atoms with Gasteiger partial charge in [-0.2, -0.15) is 0 Å². The summed E-state index contributed by atoms with van der Waals surface area (Å²) in [7, 11) is 0. The number of benzene rings is 1. The lowest BCUT2D eigenvalue weighted by Gasteiger charge is -2.07. The molecular weight excluding hydrogens is 256 g/mol. The van der Waals surface area contributed by atoms with Crippen molar-refractivity contribution < 1.29 is 0 Å². The molecule has 0 fully saturated rings. The predicted molar refractivity (Wildman–Crippen MR) is 92.5 cm³/mol. The van der Waals surface area contributed by atoms with E-state index in [9.17, 15) is 0 Å². The zero-order chi connectivity index (χ0) is 14.9. The fourth-order valence-corrected chi connectivity index (χ4v) is 2.82. The highest BCUT2D eigenvalue weighted by molar-refractivity contribution is 5.81. The maximum atomic E-state index is 6.07. The van der Waals surface area contributed by atoms with E-state index in [1.165, 1.54) is 62.3 Å². The first kappa shape index (κ1) is 15.8. The molecule has 2 rings (SSSR count). The highest BCUT2D eigenvalue weighted by Gasteiger charge is 2.03. The summed E-state index contributed by atoms with van der Waals surface area (Å²) in [6.07, 6.45) is 11.8. The molecule has 0 saturated carbocycles. The van der Waals surface area contributed by atoms with Crippen LogP contribution in [-0.2, 0) is 6.42 Å². The molecule has 21 heavy (non-hydrogen) atoms. The van der Waals surface area contributed by atoms with Gasteiger partial charge in [0.2, 0.25) is 0 Å². The Balaban J connectivity index is 1.74. The number of pyridine rings is 1. The van der Waals surface area contributed by atoms with Crippen molar-refractivity contribution in [3.63, 3.8) is 0 Å². The van der Waals surface area contributed by atoms with Crippen LogP contribution >= 0.6 is 0 Å². The van der Waals surface area contributed by atoms with Crippen LogP contribution in [0.25, 0.3) is 10.9 Å². The molecule has 2 N–H and O–H groups in total. The molecule has 2 nitrogen and oxygen atoms in total. The van der Waals surface area contributed by atoms with E-state index in [1.807, 2.05) is 12.1 Å². The van der Waals surface area contributed by atoms with Crippen LogP contribution in [0.2, 0.25) is 0 Å². The van der Waals surface area contributed by atoms with Crippen molar-refractivity contribution in [1.82, 2.24) is 4.98 Å². The van der Waals surface area contributed by atoms with Gasteiger partial charge in [0.05, 0.1) is 5.52 Å². The van der Waals surface area contributed by atoms with Crippen LogP contribution in [0.5, 0.6) is 0 Å². The molecule has 0 atom stereocenters. The summed E-state index contributed by atoms with van der Waals surface area (Å²) in [5, 5.41) is 1.20. The number of hydrogen-bond donors (Lipinski definition) is 1. The van der Waals surface area contributed by atoms with E-state index in [2.05, 4.69) is 30.1 Å². The Labute approximate surface area is 128 Å². The van der Waals surface area contributed by atoms with Crippen LogP contribution in [0.15, 0.2) is 30.3 Å². The topological polar surface area (TPSA) is 38.9 Å². The Kier molecular flexibility index (Phi) is 6.52. The summed E-state index contributed by atoms with van der Waals surface area (Å²) in [4.78, 5) is 4.50. The monoisotopic (exact) mass is 284 g/mol. The van der Waals surface area contributed by atoms with Gasteiger partial charge >= 0.3 is 0 Å². The number of aryl methyl sites for hydroxylation is 1. The van der Waals surface area contributed by atoms with Crippen LogP contribution in [0, 0.1) is 0 Å². The Morgan fingerprint density at radius 2 is 1.57 bits per heavy atom. The summed E-state index contributed by atoms with van der Waals surface area (Å²) >= 11 is 0. The molecule has 2 aromatic rings. The first-order valence-corrected chi connectivity index (χ1v) is 8.45. The minimum absolute atomic E-state index is 0.705. The van der Waals surface area contributed by atoms with E-state index in [0.29, 0.717) is 5.82 Å². The quantitative estimate of drug-likeness (QED) is 0.617. The Morgan fingerprint density at radius 3 is 2.33 bits per heavy atom. The third-order valence-electron chi connectivity index (χ3n) is 4.14. The van der Waals surface area contributed by atoms with Gasteiger partial charge in [-0.25, -0.2) is 4.98 Å². The molecule has 114 valence electrons. The second kappa shape index (κ2) is 8.66. The molecule has 0 aliphatic heterocycles. The van der Waals surface area contributed by atoms with Gasteiger partial charge in [-0.05, 0) is 30.5 Å². The first-order valence-electron chi connectivity index (χ1n) is 8.45. The van der Waals surface area contributed by atoms with Crippen molar-refractivity contribution in [3.8, 4) is 0 Å². The lowest BCUT2D eigenvalue weighted by Crippen LogP contribution is -1.98.